The second-order valence-corrected chi connectivity index (χ2v) is 8.65. The normalized spacial score (nSPS) is 11.2. The van der Waals surface area contributed by atoms with Gasteiger partial charge in [0.2, 0.25) is 0 Å². The Morgan fingerprint density at radius 3 is 1.75 bits per heavy atom. The van der Waals surface area contributed by atoms with Crippen molar-refractivity contribution in [2.75, 3.05) is 14.2 Å². The number of carbonyl (C=O) groups is 3. The zero-order chi connectivity index (χ0) is 26.8. The molecule has 2 heterocycles. The van der Waals surface area contributed by atoms with Crippen molar-refractivity contribution >= 4 is 69.7 Å². The summed E-state index contributed by atoms with van der Waals surface area (Å²) in [6, 6.07) is 26.3. The van der Waals surface area contributed by atoms with E-state index in [0.29, 0.717) is 11.1 Å². The van der Waals surface area contributed by atoms with Crippen molar-refractivity contribution in [1.29, 1.82) is 0 Å². The Morgan fingerprint density at radius 2 is 1.20 bits per heavy atom. The SMILES string of the molecule is COC(=O)C(=O)c1ccc2[nH]c3ccccc3c2c1.COC(=O)C(O)c1ccc2[nH]c3ccccc3c2c1.[B].[H-].[Na+]. The molecule has 0 aliphatic heterocycles. The minimum absolute atomic E-state index is 0. The van der Waals surface area contributed by atoms with Crippen molar-refractivity contribution in [2.45, 2.75) is 6.10 Å². The number of hydrogen-bond donors (Lipinski definition) is 3. The molecule has 3 radical (unpaired) electrons. The fourth-order valence-corrected chi connectivity index (χ4v) is 4.48. The van der Waals surface area contributed by atoms with Crippen LogP contribution in [0.15, 0.2) is 84.9 Å². The van der Waals surface area contributed by atoms with Crippen LogP contribution in [-0.2, 0) is 19.1 Å². The maximum absolute atomic E-state index is 11.8. The van der Waals surface area contributed by atoms with Gasteiger partial charge in [0, 0.05) is 57.6 Å². The quantitative estimate of drug-likeness (QED) is 0.135. The molecule has 0 spiro atoms. The predicted molar refractivity (Wildman–Crippen MR) is 152 cm³/mol. The molecule has 8 nitrogen and oxygen atoms in total. The van der Waals surface area contributed by atoms with Crippen LogP contribution in [0.1, 0.15) is 23.5 Å². The molecule has 195 valence electrons. The van der Waals surface area contributed by atoms with Gasteiger partial charge in [0.1, 0.15) is 0 Å². The Bertz CT molecular complexity index is 1850. The molecule has 0 saturated heterocycles. The van der Waals surface area contributed by atoms with Gasteiger partial charge in [0.05, 0.1) is 14.2 Å². The van der Waals surface area contributed by atoms with Gasteiger partial charge in [-0.3, -0.25) is 4.79 Å². The molecule has 1 unspecified atom stereocenters. The molecule has 1 atom stereocenters. The molecular formula is C30H25BN2NaO6. The number of aromatic amines is 2. The maximum Gasteiger partial charge on any atom is 1.00 e. The van der Waals surface area contributed by atoms with Gasteiger partial charge in [-0.05, 0) is 48.0 Å². The second-order valence-electron chi connectivity index (χ2n) is 8.65. The first-order valence-electron chi connectivity index (χ1n) is 11.8. The third kappa shape index (κ3) is 5.83. The van der Waals surface area contributed by atoms with Gasteiger partial charge >= 0.3 is 41.5 Å². The Hall–Kier alpha value is -3.89. The van der Waals surface area contributed by atoms with E-state index in [1.165, 1.54) is 14.2 Å². The van der Waals surface area contributed by atoms with E-state index < -0.39 is 23.8 Å². The van der Waals surface area contributed by atoms with E-state index in [0.717, 1.165) is 43.6 Å². The molecule has 40 heavy (non-hydrogen) atoms. The maximum atomic E-state index is 11.8. The zero-order valence-corrected chi connectivity index (χ0v) is 24.2. The number of aliphatic hydroxyl groups excluding tert-OH is 1. The summed E-state index contributed by atoms with van der Waals surface area (Å²) in [7, 11) is 2.46. The topological polar surface area (TPSA) is 121 Å². The Balaban J connectivity index is 0.000000267. The Morgan fingerprint density at radius 1 is 0.700 bits per heavy atom. The molecule has 0 fully saturated rings. The average Bonchev–Trinajstić information content (AvgIpc) is 3.53. The fourth-order valence-electron chi connectivity index (χ4n) is 4.48. The van der Waals surface area contributed by atoms with Crippen molar-refractivity contribution in [3.63, 3.8) is 0 Å². The molecule has 0 bridgehead atoms. The summed E-state index contributed by atoms with van der Waals surface area (Å²) in [6.45, 7) is 0. The van der Waals surface area contributed by atoms with Crippen molar-refractivity contribution < 1.29 is 59.9 Å². The summed E-state index contributed by atoms with van der Waals surface area (Å²) >= 11 is 0. The first-order valence-corrected chi connectivity index (χ1v) is 11.8. The number of H-pyrrole nitrogens is 2. The zero-order valence-electron chi connectivity index (χ0n) is 23.2. The molecule has 2 aromatic heterocycles. The van der Waals surface area contributed by atoms with E-state index in [1.807, 2.05) is 60.7 Å². The first-order chi connectivity index (χ1) is 18.4. The van der Waals surface area contributed by atoms with Crippen LogP contribution in [-0.4, -0.2) is 55.4 Å². The van der Waals surface area contributed by atoms with Gasteiger partial charge in [0.15, 0.2) is 6.10 Å². The number of Topliss-reactive ketones (excluding diaryl/α,β-unsaturated/α-hetero) is 1. The number of fused-ring (bicyclic) bond motifs is 6. The molecule has 0 amide bonds. The number of esters is 2. The van der Waals surface area contributed by atoms with Crippen molar-refractivity contribution in [3.8, 4) is 0 Å². The van der Waals surface area contributed by atoms with Crippen LogP contribution in [0.2, 0.25) is 0 Å². The van der Waals surface area contributed by atoms with Gasteiger partial charge in [-0.15, -0.1) is 0 Å². The molecule has 0 saturated carbocycles. The number of ether oxygens (including phenoxy) is 2. The number of nitrogens with one attached hydrogen (secondary N) is 2. The molecule has 0 aliphatic rings. The van der Waals surface area contributed by atoms with Gasteiger partial charge in [-0.25, -0.2) is 9.59 Å². The van der Waals surface area contributed by atoms with Crippen molar-refractivity contribution in [1.82, 2.24) is 9.97 Å². The van der Waals surface area contributed by atoms with Crippen molar-refractivity contribution in [3.05, 3.63) is 96.1 Å². The monoisotopic (exact) mass is 543 g/mol. The minimum atomic E-state index is -1.25. The summed E-state index contributed by atoms with van der Waals surface area (Å²) in [5, 5.41) is 13.9. The van der Waals surface area contributed by atoms with Gasteiger partial charge in [-0.1, -0.05) is 42.5 Å². The molecular weight excluding hydrogens is 518 g/mol. The summed E-state index contributed by atoms with van der Waals surface area (Å²) in [5.41, 5.74) is 4.81. The minimum Gasteiger partial charge on any atom is -1.00 e. The smallest absolute Gasteiger partial charge is 1.00 e. The second kappa shape index (κ2) is 13.0. The van der Waals surface area contributed by atoms with E-state index in [-0.39, 0.29) is 39.4 Å². The third-order valence-corrected chi connectivity index (χ3v) is 6.41. The number of para-hydroxylation sites is 2. The summed E-state index contributed by atoms with van der Waals surface area (Å²) in [5.74, 6) is -2.13. The van der Waals surface area contributed by atoms with Gasteiger partial charge in [-0.2, -0.15) is 0 Å². The van der Waals surface area contributed by atoms with Gasteiger partial charge in [0.25, 0.3) is 5.78 Å². The first kappa shape index (κ1) is 30.7. The van der Waals surface area contributed by atoms with Crippen LogP contribution in [0.3, 0.4) is 0 Å². The van der Waals surface area contributed by atoms with Crippen LogP contribution in [0.4, 0.5) is 0 Å². The number of aromatic nitrogens is 2. The van der Waals surface area contributed by atoms with Crippen LogP contribution in [0.25, 0.3) is 43.6 Å². The van der Waals surface area contributed by atoms with Gasteiger partial charge < -0.3 is 26.0 Å². The van der Waals surface area contributed by atoms with E-state index >= 15 is 0 Å². The molecule has 6 rings (SSSR count). The number of ketones is 1. The standard InChI is InChI=1S/C15H13NO3.C15H11NO3.B.Na.H/c2*1-19-15(18)14(17)9-6-7-13-11(8-9)10-4-2-3-5-12(10)16-13;;;/h2-8,14,16-17H,1H3;2-8,16H,1H3;;;/q;;;+1;-1. The number of carbonyl (C=O) groups excluding carboxylic acids is 3. The van der Waals surface area contributed by atoms with E-state index in [2.05, 4.69) is 19.4 Å². The number of rotatable bonds is 4. The van der Waals surface area contributed by atoms with Crippen LogP contribution >= 0.6 is 0 Å². The number of methoxy groups -OCH3 is 2. The van der Waals surface area contributed by atoms with E-state index in [9.17, 15) is 19.5 Å². The van der Waals surface area contributed by atoms with E-state index in [4.69, 9.17) is 0 Å². The van der Waals surface area contributed by atoms with Crippen LogP contribution < -0.4 is 29.6 Å². The summed E-state index contributed by atoms with van der Waals surface area (Å²) < 4.78 is 9.00. The molecule has 6 aromatic rings. The Labute approximate surface area is 255 Å². The molecule has 10 heteroatoms. The average molecular weight is 543 g/mol. The van der Waals surface area contributed by atoms with E-state index in [1.54, 1.807) is 24.3 Å². The molecule has 4 aromatic carbocycles. The van der Waals surface area contributed by atoms with Crippen LogP contribution in [0.5, 0.6) is 0 Å². The fraction of sp³-hybridized carbons (Fsp3) is 0.100. The molecule has 3 N–H and O–H groups in total. The van der Waals surface area contributed by atoms with Crippen LogP contribution in [0, 0.1) is 0 Å². The predicted octanol–water partition coefficient (Wildman–Crippen LogP) is 1.94. The number of hydrogen-bond acceptors (Lipinski definition) is 6. The number of aliphatic hydroxyl groups is 1. The largest absolute Gasteiger partial charge is 1.00 e. The summed E-state index contributed by atoms with van der Waals surface area (Å²) in [4.78, 5) is 41.0. The summed E-state index contributed by atoms with van der Waals surface area (Å²) in [6.07, 6.45) is -1.25. The van der Waals surface area contributed by atoms with Crippen molar-refractivity contribution in [2.24, 2.45) is 0 Å². The Kier molecular flexibility index (Phi) is 9.95. The number of benzene rings is 4. The molecule has 0 aliphatic carbocycles. The third-order valence-electron chi connectivity index (χ3n) is 6.41.